The standard InChI is InChI=1S/C26H28FN5O2/c1-17(27)26(33)31-13-5-6-19(14-31)32-15-22(23-24(28)29-16-30-25(23)32)18-9-11-21(12-10-18)34-20-7-3-2-4-8-20/h2-3,7,9-12,15-16,19,23-24H,1,4-6,8,13-14,28H2/t19-,23?,24?/m1/s1. The minimum atomic E-state index is -0.928. The summed E-state index contributed by atoms with van der Waals surface area (Å²) in [6.07, 6.45) is 12.8. The van der Waals surface area contributed by atoms with E-state index in [9.17, 15) is 9.18 Å². The first-order valence-electron chi connectivity index (χ1n) is 11.6. The number of piperidine rings is 1. The molecule has 176 valence electrons. The highest BCUT2D eigenvalue weighted by Gasteiger charge is 2.42. The van der Waals surface area contributed by atoms with Crippen LogP contribution in [-0.4, -0.2) is 53.2 Å². The Bertz CT molecular complexity index is 1130. The van der Waals surface area contributed by atoms with Gasteiger partial charge in [0.05, 0.1) is 12.0 Å². The van der Waals surface area contributed by atoms with Crippen LogP contribution in [0.2, 0.25) is 0 Å². The predicted octanol–water partition coefficient (Wildman–Crippen LogP) is 3.77. The largest absolute Gasteiger partial charge is 0.462 e. The molecule has 1 amide bonds. The van der Waals surface area contributed by atoms with Crippen LogP contribution in [0.5, 0.6) is 5.75 Å². The number of nitrogens with zero attached hydrogens (tertiary/aromatic N) is 4. The van der Waals surface area contributed by atoms with Gasteiger partial charge in [0.1, 0.15) is 29.8 Å². The zero-order valence-electron chi connectivity index (χ0n) is 18.9. The molecule has 3 aliphatic heterocycles. The summed E-state index contributed by atoms with van der Waals surface area (Å²) in [5, 5.41) is 0. The van der Waals surface area contributed by atoms with Crippen molar-refractivity contribution in [3.8, 4) is 5.75 Å². The number of rotatable bonds is 5. The van der Waals surface area contributed by atoms with Crippen LogP contribution in [0.3, 0.4) is 0 Å². The summed E-state index contributed by atoms with van der Waals surface area (Å²) in [6.45, 7) is 4.09. The van der Waals surface area contributed by atoms with Gasteiger partial charge in [0, 0.05) is 25.7 Å². The minimum Gasteiger partial charge on any atom is -0.462 e. The molecule has 5 rings (SSSR count). The van der Waals surface area contributed by atoms with E-state index in [1.54, 1.807) is 0 Å². The monoisotopic (exact) mass is 461 g/mol. The summed E-state index contributed by atoms with van der Waals surface area (Å²) in [5.74, 6) is 0.788. The maximum atomic E-state index is 13.5. The summed E-state index contributed by atoms with van der Waals surface area (Å²) in [7, 11) is 0. The van der Waals surface area contributed by atoms with E-state index >= 15 is 0 Å². The zero-order chi connectivity index (χ0) is 23.7. The Hall–Kier alpha value is -3.52. The first kappa shape index (κ1) is 22.3. The number of likely N-dealkylation sites (tertiary alicyclic amines) is 1. The van der Waals surface area contributed by atoms with Gasteiger partial charge in [-0.25, -0.2) is 9.38 Å². The number of hydrogen-bond acceptors (Lipinski definition) is 6. The molecular formula is C26H28FN5O2. The molecule has 3 heterocycles. The fourth-order valence-electron chi connectivity index (χ4n) is 4.95. The number of carbonyl (C=O) groups is 1. The van der Waals surface area contributed by atoms with Crippen molar-refractivity contribution in [2.24, 2.45) is 21.6 Å². The van der Waals surface area contributed by atoms with Gasteiger partial charge in [-0.05, 0) is 48.6 Å². The second-order valence-corrected chi connectivity index (χ2v) is 8.89. The molecule has 0 aromatic heterocycles. The zero-order valence-corrected chi connectivity index (χ0v) is 18.9. The summed E-state index contributed by atoms with van der Waals surface area (Å²) in [5.41, 5.74) is 8.43. The lowest BCUT2D eigenvalue weighted by atomic mass is 9.91. The molecule has 0 radical (unpaired) electrons. The summed E-state index contributed by atoms with van der Waals surface area (Å²) < 4.78 is 19.5. The molecule has 2 N–H and O–H groups in total. The molecule has 0 saturated carbocycles. The SMILES string of the molecule is C=C(F)C(=O)N1CCC[C@@H](N2C=C(c3ccc(OC4=CC=CCC4)cc3)C3C2=NC=NC3N)C1. The smallest absolute Gasteiger partial charge is 0.282 e. The molecule has 0 spiro atoms. The molecular weight excluding hydrogens is 433 g/mol. The summed E-state index contributed by atoms with van der Waals surface area (Å²) >= 11 is 0. The average Bonchev–Trinajstić information content (AvgIpc) is 3.26. The van der Waals surface area contributed by atoms with Crippen LogP contribution in [0.1, 0.15) is 31.2 Å². The van der Waals surface area contributed by atoms with E-state index in [2.05, 4.69) is 33.7 Å². The maximum Gasteiger partial charge on any atom is 0.282 e. The van der Waals surface area contributed by atoms with Crippen LogP contribution >= 0.6 is 0 Å². The van der Waals surface area contributed by atoms with Crippen LogP contribution in [0, 0.1) is 5.92 Å². The van der Waals surface area contributed by atoms with E-state index in [4.69, 9.17) is 10.5 Å². The molecule has 1 saturated heterocycles. The lowest BCUT2D eigenvalue weighted by molar-refractivity contribution is -0.130. The Kier molecular flexibility index (Phi) is 6.15. The maximum absolute atomic E-state index is 13.5. The lowest BCUT2D eigenvalue weighted by Crippen LogP contribution is -2.51. The molecule has 3 atom stereocenters. The number of carbonyl (C=O) groups excluding carboxylic acids is 1. The van der Waals surface area contributed by atoms with Gasteiger partial charge in [-0.2, -0.15) is 0 Å². The number of halogens is 1. The number of nitrogens with two attached hydrogens (primary N) is 1. The van der Waals surface area contributed by atoms with Crippen molar-refractivity contribution in [1.29, 1.82) is 0 Å². The van der Waals surface area contributed by atoms with Gasteiger partial charge in [-0.1, -0.05) is 30.9 Å². The number of aliphatic imine (C=N–C) groups is 2. The predicted molar refractivity (Wildman–Crippen MR) is 131 cm³/mol. The summed E-state index contributed by atoms with van der Waals surface area (Å²) in [4.78, 5) is 24.7. The van der Waals surface area contributed by atoms with Crippen LogP contribution in [-0.2, 0) is 4.79 Å². The Labute approximate surface area is 198 Å². The number of allylic oxidation sites excluding steroid dienone is 4. The van der Waals surface area contributed by atoms with Gasteiger partial charge < -0.3 is 20.3 Å². The van der Waals surface area contributed by atoms with E-state index in [1.807, 2.05) is 36.4 Å². The van der Waals surface area contributed by atoms with E-state index in [1.165, 1.54) is 11.2 Å². The van der Waals surface area contributed by atoms with E-state index in [0.717, 1.165) is 54.2 Å². The number of benzene rings is 1. The van der Waals surface area contributed by atoms with E-state index < -0.39 is 17.9 Å². The van der Waals surface area contributed by atoms with Crippen molar-refractivity contribution in [3.63, 3.8) is 0 Å². The number of ether oxygens (including phenoxy) is 1. The van der Waals surface area contributed by atoms with Crippen LogP contribution < -0.4 is 10.5 Å². The van der Waals surface area contributed by atoms with Crippen LogP contribution in [0.25, 0.3) is 5.57 Å². The normalized spacial score (nSPS) is 25.9. The van der Waals surface area contributed by atoms with Crippen molar-refractivity contribution in [1.82, 2.24) is 9.80 Å². The molecule has 1 aromatic carbocycles. The Morgan fingerprint density at radius 1 is 1.26 bits per heavy atom. The summed E-state index contributed by atoms with van der Waals surface area (Å²) in [6, 6.07) is 7.94. The van der Waals surface area contributed by atoms with Crippen molar-refractivity contribution < 1.29 is 13.9 Å². The van der Waals surface area contributed by atoms with Gasteiger partial charge in [0.2, 0.25) is 0 Å². The number of hydrogen-bond donors (Lipinski definition) is 1. The highest BCUT2D eigenvalue weighted by molar-refractivity contribution is 6.05. The number of fused-ring (bicyclic) bond motifs is 1. The molecule has 8 heteroatoms. The second kappa shape index (κ2) is 9.38. The van der Waals surface area contributed by atoms with Crippen molar-refractivity contribution >= 4 is 23.7 Å². The third-order valence-corrected chi connectivity index (χ3v) is 6.65. The average molecular weight is 462 g/mol. The molecule has 1 aromatic rings. The van der Waals surface area contributed by atoms with E-state index in [-0.39, 0.29) is 12.0 Å². The fraction of sp³-hybridized carbons (Fsp3) is 0.346. The first-order chi connectivity index (χ1) is 16.5. The quantitative estimate of drug-likeness (QED) is 0.677. The minimum absolute atomic E-state index is 0.0246. The van der Waals surface area contributed by atoms with Crippen LogP contribution in [0.4, 0.5) is 4.39 Å². The van der Waals surface area contributed by atoms with Gasteiger partial charge in [-0.3, -0.25) is 9.79 Å². The van der Waals surface area contributed by atoms with Crippen molar-refractivity contribution in [2.75, 3.05) is 13.1 Å². The Morgan fingerprint density at radius 3 is 2.82 bits per heavy atom. The molecule has 4 aliphatic rings. The Morgan fingerprint density at radius 2 is 2.09 bits per heavy atom. The van der Waals surface area contributed by atoms with Crippen molar-refractivity contribution in [2.45, 2.75) is 37.9 Å². The molecule has 34 heavy (non-hydrogen) atoms. The highest BCUT2D eigenvalue weighted by Crippen LogP contribution is 2.38. The van der Waals surface area contributed by atoms with Crippen molar-refractivity contribution in [3.05, 3.63) is 72.4 Å². The molecule has 1 fully saturated rings. The Balaban J connectivity index is 1.40. The molecule has 2 unspecified atom stereocenters. The third kappa shape index (κ3) is 4.33. The molecule has 7 nitrogen and oxygen atoms in total. The molecule has 1 aliphatic carbocycles. The van der Waals surface area contributed by atoms with E-state index in [0.29, 0.717) is 13.1 Å². The fourth-order valence-corrected chi connectivity index (χ4v) is 4.95. The second-order valence-electron chi connectivity index (χ2n) is 8.89. The first-order valence-corrected chi connectivity index (χ1v) is 11.6. The number of amides is 1. The lowest BCUT2D eigenvalue weighted by Gasteiger charge is -2.38. The van der Waals surface area contributed by atoms with Crippen LogP contribution in [0.15, 0.2) is 76.8 Å². The number of amidine groups is 1. The van der Waals surface area contributed by atoms with Gasteiger partial charge >= 0.3 is 0 Å². The van der Waals surface area contributed by atoms with Gasteiger partial charge in [0.15, 0.2) is 5.83 Å². The van der Waals surface area contributed by atoms with Gasteiger partial charge in [0.25, 0.3) is 5.91 Å². The third-order valence-electron chi connectivity index (χ3n) is 6.65. The van der Waals surface area contributed by atoms with Gasteiger partial charge in [-0.15, -0.1) is 0 Å². The topological polar surface area (TPSA) is 83.5 Å². The highest BCUT2D eigenvalue weighted by atomic mass is 19.1. The molecule has 0 bridgehead atoms.